The Hall–Kier alpha value is -0.380. The highest BCUT2D eigenvalue weighted by Gasteiger charge is 2.22. The normalized spacial score (nSPS) is 15.3. The van der Waals surface area contributed by atoms with Gasteiger partial charge in [0.1, 0.15) is 0 Å². The van der Waals surface area contributed by atoms with Crippen molar-refractivity contribution in [2.45, 2.75) is 45.8 Å². The van der Waals surface area contributed by atoms with Crippen LogP contribution in [0.1, 0.15) is 32.1 Å². The molecule has 0 radical (unpaired) electrons. The van der Waals surface area contributed by atoms with Crippen molar-refractivity contribution < 1.29 is 9.84 Å². The number of aliphatic hydroxyl groups excluding tert-OH is 1. The summed E-state index contributed by atoms with van der Waals surface area (Å²) in [4.78, 5) is 1.33. The highest BCUT2D eigenvalue weighted by molar-refractivity contribution is 7.09. The van der Waals surface area contributed by atoms with E-state index in [0.717, 1.165) is 12.8 Å². The van der Waals surface area contributed by atoms with Gasteiger partial charge in [0, 0.05) is 11.5 Å². The summed E-state index contributed by atoms with van der Waals surface area (Å²) < 4.78 is 5.59. The van der Waals surface area contributed by atoms with Gasteiger partial charge in [-0.15, -0.1) is 11.3 Å². The molecule has 0 amide bonds. The molecular weight excluding hydrogens is 220 g/mol. The molecule has 1 N–H and O–H groups in total. The van der Waals surface area contributed by atoms with Crippen LogP contribution in [0.15, 0.2) is 17.5 Å². The minimum atomic E-state index is -0.359. The van der Waals surface area contributed by atoms with Gasteiger partial charge >= 0.3 is 0 Å². The molecule has 0 aliphatic carbocycles. The van der Waals surface area contributed by atoms with Crippen LogP contribution in [0.5, 0.6) is 0 Å². The molecule has 2 atom stereocenters. The van der Waals surface area contributed by atoms with Crippen molar-refractivity contribution in [2.24, 2.45) is 5.92 Å². The lowest BCUT2D eigenvalue weighted by atomic mass is 9.98. The lowest BCUT2D eigenvalue weighted by Crippen LogP contribution is -2.34. The Morgan fingerprint density at radius 3 is 2.69 bits per heavy atom. The van der Waals surface area contributed by atoms with E-state index in [9.17, 15) is 5.11 Å². The molecule has 0 aliphatic rings. The zero-order valence-electron chi connectivity index (χ0n) is 10.3. The molecule has 0 saturated heterocycles. The van der Waals surface area contributed by atoms with Crippen molar-refractivity contribution in [3.8, 4) is 0 Å². The van der Waals surface area contributed by atoms with Gasteiger partial charge in [-0.05, 0) is 37.1 Å². The number of hydrogen-bond donors (Lipinski definition) is 1. The number of ether oxygens (including phenoxy) is 1. The second kappa shape index (κ2) is 7.05. The van der Waals surface area contributed by atoms with Gasteiger partial charge in [0.25, 0.3) is 0 Å². The van der Waals surface area contributed by atoms with E-state index in [-0.39, 0.29) is 12.2 Å². The van der Waals surface area contributed by atoms with E-state index >= 15 is 0 Å². The van der Waals surface area contributed by atoms with Crippen LogP contribution in [0.25, 0.3) is 0 Å². The first-order chi connectivity index (χ1) is 7.65. The minimum Gasteiger partial charge on any atom is -0.390 e. The van der Waals surface area contributed by atoms with Crippen molar-refractivity contribution >= 4 is 11.3 Å². The summed E-state index contributed by atoms with van der Waals surface area (Å²) in [7, 11) is 0. The van der Waals surface area contributed by atoms with Gasteiger partial charge in [0.05, 0.1) is 12.2 Å². The molecule has 1 aromatic rings. The first kappa shape index (κ1) is 13.7. The Bertz CT molecular complexity index is 269. The SMILES string of the molecule is CCOC(C(C)C)C(O)CCc1cccs1. The van der Waals surface area contributed by atoms with Crippen LogP contribution >= 0.6 is 11.3 Å². The Balaban J connectivity index is 2.39. The van der Waals surface area contributed by atoms with E-state index in [2.05, 4.69) is 31.4 Å². The Morgan fingerprint density at radius 2 is 2.19 bits per heavy atom. The summed E-state index contributed by atoms with van der Waals surface area (Å²) in [6, 6.07) is 4.16. The summed E-state index contributed by atoms with van der Waals surface area (Å²) >= 11 is 1.75. The summed E-state index contributed by atoms with van der Waals surface area (Å²) in [5, 5.41) is 12.2. The van der Waals surface area contributed by atoms with Crippen molar-refractivity contribution in [2.75, 3.05) is 6.61 Å². The summed E-state index contributed by atoms with van der Waals surface area (Å²) in [5.41, 5.74) is 0. The molecule has 1 heterocycles. The lowest BCUT2D eigenvalue weighted by molar-refractivity contribution is -0.0593. The smallest absolute Gasteiger partial charge is 0.0856 e. The fourth-order valence-corrected chi connectivity index (χ4v) is 2.57. The van der Waals surface area contributed by atoms with Crippen LogP contribution in [0.2, 0.25) is 0 Å². The summed E-state index contributed by atoms with van der Waals surface area (Å²) in [5.74, 6) is 0.360. The monoisotopic (exact) mass is 242 g/mol. The first-order valence-corrected chi connectivity index (χ1v) is 6.85. The second-order valence-electron chi connectivity index (χ2n) is 4.35. The summed E-state index contributed by atoms with van der Waals surface area (Å²) in [6.45, 7) is 6.82. The molecule has 2 unspecified atom stereocenters. The van der Waals surface area contributed by atoms with Crippen LogP contribution < -0.4 is 0 Å². The van der Waals surface area contributed by atoms with Gasteiger partial charge in [-0.3, -0.25) is 0 Å². The fraction of sp³-hybridized carbons (Fsp3) is 0.692. The third-order valence-corrected chi connectivity index (χ3v) is 3.60. The molecule has 0 fully saturated rings. The highest BCUT2D eigenvalue weighted by atomic mass is 32.1. The topological polar surface area (TPSA) is 29.5 Å². The number of aryl methyl sites for hydroxylation is 1. The maximum Gasteiger partial charge on any atom is 0.0856 e. The van der Waals surface area contributed by atoms with E-state index in [1.165, 1.54) is 4.88 Å². The van der Waals surface area contributed by atoms with Gasteiger partial charge in [0.2, 0.25) is 0 Å². The van der Waals surface area contributed by atoms with E-state index in [1.807, 2.05) is 6.92 Å². The van der Waals surface area contributed by atoms with Gasteiger partial charge in [0.15, 0.2) is 0 Å². The van der Waals surface area contributed by atoms with E-state index in [0.29, 0.717) is 12.5 Å². The Morgan fingerprint density at radius 1 is 1.44 bits per heavy atom. The van der Waals surface area contributed by atoms with Crippen LogP contribution in [0, 0.1) is 5.92 Å². The molecule has 2 nitrogen and oxygen atoms in total. The Kier molecular flexibility index (Phi) is 6.03. The predicted octanol–water partition coefficient (Wildman–Crippen LogP) is 3.10. The van der Waals surface area contributed by atoms with Gasteiger partial charge in [-0.1, -0.05) is 19.9 Å². The van der Waals surface area contributed by atoms with Gasteiger partial charge in [-0.25, -0.2) is 0 Å². The largest absolute Gasteiger partial charge is 0.390 e. The molecule has 0 aromatic carbocycles. The van der Waals surface area contributed by atoms with Crippen molar-refractivity contribution in [1.29, 1.82) is 0 Å². The zero-order chi connectivity index (χ0) is 12.0. The molecule has 92 valence electrons. The van der Waals surface area contributed by atoms with Crippen LogP contribution in [-0.2, 0) is 11.2 Å². The second-order valence-corrected chi connectivity index (χ2v) is 5.38. The molecule has 0 spiro atoms. The van der Waals surface area contributed by atoms with Crippen molar-refractivity contribution in [3.63, 3.8) is 0 Å². The lowest BCUT2D eigenvalue weighted by Gasteiger charge is -2.26. The van der Waals surface area contributed by atoms with E-state index in [4.69, 9.17) is 4.74 Å². The third-order valence-electron chi connectivity index (χ3n) is 2.66. The van der Waals surface area contributed by atoms with Crippen molar-refractivity contribution in [1.82, 2.24) is 0 Å². The standard InChI is InChI=1S/C13H22O2S/c1-4-15-13(10(2)3)12(14)8-7-11-6-5-9-16-11/h5-6,9-10,12-14H,4,7-8H2,1-3H3. The van der Waals surface area contributed by atoms with E-state index in [1.54, 1.807) is 11.3 Å². The number of aliphatic hydroxyl groups is 1. The molecule has 0 aliphatic heterocycles. The molecule has 0 bridgehead atoms. The fourth-order valence-electron chi connectivity index (χ4n) is 1.85. The number of thiophene rings is 1. The highest BCUT2D eigenvalue weighted by Crippen LogP contribution is 2.18. The predicted molar refractivity (Wildman–Crippen MR) is 68.9 cm³/mol. The Labute approximate surface area is 102 Å². The molecule has 16 heavy (non-hydrogen) atoms. The third kappa shape index (κ3) is 4.24. The quantitative estimate of drug-likeness (QED) is 0.796. The van der Waals surface area contributed by atoms with Crippen LogP contribution in [0.3, 0.4) is 0 Å². The molecular formula is C13H22O2S. The zero-order valence-corrected chi connectivity index (χ0v) is 11.2. The van der Waals surface area contributed by atoms with Crippen LogP contribution in [0.4, 0.5) is 0 Å². The average molecular weight is 242 g/mol. The average Bonchev–Trinajstić information content (AvgIpc) is 2.75. The molecule has 0 saturated carbocycles. The van der Waals surface area contributed by atoms with Crippen molar-refractivity contribution in [3.05, 3.63) is 22.4 Å². The number of rotatable bonds is 7. The maximum absolute atomic E-state index is 10.1. The molecule has 3 heteroatoms. The summed E-state index contributed by atoms with van der Waals surface area (Å²) in [6.07, 6.45) is 1.32. The van der Waals surface area contributed by atoms with Gasteiger partial charge < -0.3 is 9.84 Å². The van der Waals surface area contributed by atoms with E-state index < -0.39 is 0 Å². The first-order valence-electron chi connectivity index (χ1n) is 5.97. The molecule has 1 aromatic heterocycles. The minimum absolute atomic E-state index is 0.0371. The molecule has 1 rings (SSSR count). The number of hydrogen-bond acceptors (Lipinski definition) is 3. The van der Waals surface area contributed by atoms with Gasteiger partial charge in [-0.2, -0.15) is 0 Å². The van der Waals surface area contributed by atoms with Crippen LogP contribution in [-0.4, -0.2) is 23.9 Å². The maximum atomic E-state index is 10.1.